The first kappa shape index (κ1) is 14.1. The van der Waals surface area contributed by atoms with Crippen LogP contribution in [0.4, 0.5) is 5.69 Å². The van der Waals surface area contributed by atoms with Crippen LogP contribution in [0.15, 0.2) is 48.5 Å². The van der Waals surface area contributed by atoms with Gasteiger partial charge in [-0.25, -0.2) is 4.79 Å². The molecule has 0 saturated heterocycles. The van der Waals surface area contributed by atoms with Crippen molar-refractivity contribution in [2.45, 2.75) is 0 Å². The Hall–Kier alpha value is -2.82. The third kappa shape index (κ3) is 2.53. The minimum absolute atomic E-state index is 0.118. The summed E-state index contributed by atoms with van der Waals surface area (Å²) in [4.78, 5) is 26.0. The Morgan fingerprint density at radius 1 is 1.09 bits per heavy atom. The van der Waals surface area contributed by atoms with Gasteiger partial charge in [-0.3, -0.25) is 4.79 Å². The van der Waals surface area contributed by atoms with Crippen molar-refractivity contribution in [2.75, 3.05) is 25.2 Å². The van der Waals surface area contributed by atoms with E-state index in [0.29, 0.717) is 35.7 Å². The highest BCUT2D eigenvalue weighted by atomic mass is 16.5. The first-order valence-corrected chi connectivity index (χ1v) is 6.93. The summed E-state index contributed by atoms with van der Waals surface area (Å²) in [5.41, 5.74) is 1.57. The fourth-order valence-corrected chi connectivity index (χ4v) is 2.41. The van der Waals surface area contributed by atoms with E-state index in [1.165, 1.54) is 7.11 Å². The number of ether oxygens (including phenoxy) is 2. The molecule has 0 fully saturated rings. The number of rotatable bonds is 2. The topological polar surface area (TPSA) is 55.8 Å². The van der Waals surface area contributed by atoms with Crippen LogP contribution in [0.2, 0.25) is 0 Å². The summed E-state index contributed by atoms with van der Waals surface area (Å²) in [5.74, 6) is 0.0239. The zero-order chi connectivity index (χ0) is 15.5. The number of anilines is 1. The number of carbonyl (C=O) groups excluding carboxylic acids is 2. The lowest BCUT2D eigenvalue weighted by Crippen LogP contribution is -2.38. The number of esters is 1. The average Bonchev–Trinajstić information content (AvgIpc) is 2.60. The number of hydrogen-bond donors (Lipinski definition) is 0. The summed E-state index contributed by atoms with van der Waals surface area (Å²) in [7, 11) is 1.32. The average molecular weight is 297 g/mol. The van der Waals surface area contributed by atoms with Crippen LogP contribution in [0.25, 0.3) is 0 Å². The van der Waals surface area contributed by atoms with Crippen molar-refractivity contribution < 1.29 is 19.1 Å². The predicted molar refractivity (Wildman–Crippen MR) is 81.4 cm³/mol. The highest BCUT2D eigenvalue weighted by Crippen LogP contribution is 2.33. The number of carbonyl (C=O) groups is 2. The number of amides is 1. The number of hydrogen-bond acceptors (Lipinski definition) is 4. The Morgan fingerprint density at radius 3 is 2.59 bits per heavy atom. The molecule has 1 amide bonds. The van der Waals surface area contributed by atoms with Crippen molar-refractivity contribution in [1.29, 1.82) is 0 Å². The number of methoxy groups -OCH3 is 1. The molecule has 0 radical (unpaired) electrons. The second kappa shape index (κ2) is 5.89. The summed E-state index contributed by atoms with van der Waals surface area (Å²) in [6.45, 7) is 0.856. The van der Waals surface area contributed by atoms with Crippen molar-refractivity contribution >= 4 is 17.6 Å². The maximum atomic E-state index is 12.7. The SMILES string of the molecule is COC(=O)c1ccc2c(c1)N(C(=O)c1ccccc1)CCO2. The first-order valence-electron chi connectivity index (χ1n) is 6.93. The van der Waals surface area contributed by atoms with Gasteiger partial charge in [0.25, 0.3) is 5.91 Å². The van der Waals surface area contributed by atoms with Gasteiger partial charge in [0, 0.05) is 5.56 Å². The van der Waals surface area contributed by atoms with Crippen molar-refractivity contribution in [3.63, 3.8) is 0 Å². The lowest BCUT2D eigenvalue weighted by Gasteiger charge is -2.30. The van der Waals surface area contributed by atoms with Gasteiger partial charge in [-0.1, -0.05) is 18.2 Å². The smallest absolute Gasteiger partial charge is 0.337 e. The molecule has 112 valence electrons. The molecule has 1 aliphatic heterocycles. The first-order chi connectivity index (χ1) is 10.7. The molecule has 5 heteroatoms. The predicted octanol–water partition coefficient (Wildman–Crippen LogP) is 2.51. The summed E-state index contributed by atoms with van der Waals surface area (Å²) in [6, 6.07) is 14.0. The van der Waals surface area contributed by atoms with E-state index in [0.717, 1.165) is 0 Å². The van der Waals surface area contributed by atoms with Crippen molar-refractivity contribution in [3.05, 3.63) is 59.7 Å². The van der Waals surface area contributed by atoms with E-state index in [2.05, 4.69) is 0 Å². The van der Waals surface area contributed by atoms with E-state index in [1.54, 1.807) is 35.2 Å². The molecule has 2 aromatic carbocycles. The Labute approximate surface area is 128 Å². The summed E-state index contributed by atoms with van der Waals surface area (Å²) in [6.07, 6.45) is 0. The van der Waals surface area contributed by atoms with Crippen LogP contribution >= 0.6 is 0 Å². The van der Waals surface area contributed by atoms with Crippen LogP contribution in [-0.2, 0) is 4.74 Å². The highest BCUT2D eigenvalue weighted by molar-refractivity contribution is 6.07. The van der Waals surface area contributed by atoms with E-state index in [1.807, 2.05) is 18.2 Å². The lowest BCUT2D eigenvalue weighted by atomic mass is 10.1. The molecule has 0 aromatic heterocycles. The van der Waals surface area contributed by atoms with Gasteiger partial charge in [0.1, 0.15) is 12.4 Å². The number of nitrogens with zero attached hydrogens (tertiary/aromatic N) is 1. The molecule has 1 heterocycles. The van der Waals surface area contributed by atoms with Gasteiger partial charge in [0.05, 0.1) is 24.9 Å². The molecule has 1 aliphatic rings. The van der Waals surface area contributed by atoms with Gasteiger partial charge in [-0.2, -0.15) is 0 Å². The second-order valence-corrected chi connectivity index (χ2v) is 4.85. The zero-order valence-corrected chi connectivity index (χ0v) is 12.1. The fourth-order valence-electron chi connectivity index (χ4n) is 2.41. The van der Waals surface area contributed by atoms with E-state index in [-0.39, 0.29) is 5.91 Å². The molecule has 22 heavy (non-hydrogen) atoms. The summed E-state index contributed by atoms with van der Waals surface area (Å²) < 4.78 is 10.3. The Balaban J connectivity index is 1.99. The molecule has 5 nitrogen and oxygen atoms in total. The third-order valence-electron chi connectivity index (χ3n) is 3.51. The van der Waals surface area contributed by atoms with Crippen LogP contribution < -0.4 is 9.64 Å². The Morgan fingerprint density at radius 2 is 1.86 bits per heavy atom. The normalized spacial score (nSPS) is 13.0. The van der Waals surface area contributed by atoms with Crippen LogP contribution in [-0.4, -0.2) is 32.1 Å². The van der Waals surface area contributed by atoms with E-state index >= 15 is 0 Å². The quantitative estimate of drug-likeness (QED) is 0.799. The summed E-state index contributed by atoms with van der Waals surface area (Å²) in [5, 5.41) is 0. The molecule has 0 saturated carbocycles. The van der Waals surface area contributed by atoms with Gasteiger partial charge >= 0.3 is 5.97 Å². The van der Waals surface area contributed by atoms with Crippen LogP contribution in [0, 0.1) is 0 Å². The molecule has 0 bridgehead atoms. The standard InChI is InChI=1S/C17H15NO4/c1-21-17(20)13-7-8-15-14(11-13)18(9-10-22-15)16(19)12-5-3-2-4-6-12/h2-8,11H,9-10H2,1H3. The Kier molecular flexibility index (Phi) is 3.78. The zero-order valence-electron chi connectivity index (χ0n) is 12.1. The van der Waals surface area contributed by atoms with E-state index in [4.69, 9.17) is 9.47 Å². The molecule has 0 N–H and O–H groups in total. The largest absolute Gasteiger partial charge is 0.490 e. The van der Waals surface area contributed by atoms with Gasteiger partial charge in [0.2, 0.25) is 0 Å². The van der Waals surface area contributed by atoms with Gasteiger partial charge in [-0.15, -0.1) is 0 Å². The van der Waals surface area contributed by atoms with Gasteiger partial charge < -0.3 is 14.4 Å². The monoisotopic (exact) mass is 297 g/mol. The molecular formula is C17H15NO4. The molecule has 2 aromatic rings. The molecule has 0 spiro atoms. The van der Waals surface area contributed by atoms with Crippen LogP contribution in [0.5, 0.6) is 5.75 Å². The third-order valence-corrected chi connectivity index (χ3v) is 3.51. The van der Waals surface area contributed by atoms with Gasteiger partial charge in [0.15, 0.2) is 0 Å². The molecular weight excluding hydrogens is 282 g/mol. The minimum Gasteiger partial charge on any atom is -0.490 e. The molecule has 0 aliphatic carbocycles. The molecule has 3 rings (SSSR count). The molecule has 0 unspecified atom stereocenters. The lowest BCUT2D eigenvalue weighted by molar-refractivity contribution is 0.0600. The van der Waals surface area contributed by atoms with Gasteiger partial charge in [-0.05, 0) is 30.3 Å². The van der Waals surface area contributed by atoms with E-state index < -0.39 is 5.97 Å². The highest BCUT2D eigenvalue weighted by Gasteiger charge is 2.25. The van der Waals surface area contributed by atoms with Crippen molar-refractivity contribution in [3.8, 4) is 5.75 Å². The fraction of sp³-hybridized carbons (Fsp3) is 0.176. The van der Waals surface area contributed by atoms with Crippen molar-refractivity contribution in [1.82, 2.24) is 0 Å². The minimum atomic E-state index is -0.444. The van der Waals surface area contributed by atoms with E-state index in [9.17, 15) is 9.59 Å². The Bertz CT molecular complexity index is 712. The summed E-state index contributed by atoms with van der Waals surface area (Å²) >= 11 is 0. The molecule has 0 atom stereocenters. The van der Waals surface area contributed by atoms with Crippen molar-refractivity contribution in [2.24, 2.45) is 0 Å². The maximum Gasteiger partial charge on any atom is 0.337 e. The number of benzene rings is 2. The van der Waals surface area contributed by atoms with Crippen LogP contribution in [0.1, 0.15) is 20.7 Å². The second-order valence-electron chi connectivity index (χ2n) is 4.85. The maximum absolute atomic E-state index is 12.7. The van der Waals surface area contributed by atoms with Crippen LogP contribution in [0.3, 0.4) is 0 Å². The number of fused-ring (bicyclic) bond motifs is 1.